The van der Waals surface area contributed by atoms with Gasteiger partial charge in [0.25, 0.3) is 5.91 Å². The lowest BCUT2D eigenvalue weighted by atomic mass is 10.2. The van der Waals surface area contributed by atoms with Crippen LogP contribution in [-0.4, -0.2) is 14.3 Å². The van der Waals surface area contributed by atoms with Crippen LogP contribution in [0, 0.1) is 5.82 Å². The minimum Gasteiger partial charge on any atom is -0.322 e. The summed E-state index contributed by atoms with van der Waals surface area (Å²) < 4.78 is 35.9. The topological polar surface area (TPSA) is 89.3 Å². The first kappa shape index (κ1) is 14.2. The van der Waals surface area contributed by atoms with Crippen molar-refractivity contribution in [2.45, 2.75) is 4.90 Å². The second-order valence-corrected chi connectivity index (χ2v) is 5.57. The van der Waals surface area contributed by atoms with Gasteiger partial charge in [-0.25, -0.2) is 17.9 Å². The third-order valence-electron chi connectivity index (χ3n) is 2.55. The van der Waals surface area contributed by atoms with E-state index in [1.165, 1.54) is 0 Å². The van der Waals surface area contributed by atoms with Crippen LogP contribution < -0.4 is 10.5 Å². The number of amides is 1. The lowest BCUT2D eigenvalue weighted by Crippen LogP contribution is -2.16. The number of carbonyl (C=O) groups excluding carboxylic acids is 1. The van der Waals surface area contributed by atoms with Gasteiger partial charge in [0.2, 0.25) is 10.0 Å². The molecule has 0 atom stereocenters. The predicted octanol–water partition coefficient (Wildman–Crippen LogP) is 1.73. The third-order valence-corrected chi connectivity index (χ3v) is 3.46. The maximum atomic E-state index is 13.8. The molecule has 0 aliphatic carbocycles. The molecule has 0 saturated carbocycles. The van der Waals surface area contributed by atoms with Crippen LogP contribution in [0.15, 0.2) is 53.4 Å². The first-order valence-corrected chi connectivity index (χ1v) is 7.11. The largest absolute Gasteiger partial charge is 0.322 e. The SMILES string of the molecule is NS(=O)(=O)c1ccc(C(=O)Nc2ccccc2)c(F)c1. The lowest BCUT2D eigenvalue weighted by molar-refractivity contribution is 0.102. The molecule has 0 fully saturated rings. The molecule has 0 radical (unpaired) electrons. The smallest absolute Gasteiger partial charge is 0.258 e. The maximum absolute atomic E-state index is 13.8. The molecular formula is C13H11FN2O3S. The van der Waals surface area contributed by atoms with Gasteiger partial charge in [-0.15, -0.1) is 0 Å². The van der Waals surface area contributed by atoms with Crippen molar-refractivity contribution < 1.29 is 17.6 Å². The fourth-order valence-electron chi connectivity index (χ4n) is 1.58. The number of para-hydroxylation sites is 1. The number of carbonyl (C=O) groups is 1. The van der Waals surface area contributed by atoms with Gasteiger partial charge in [-0.2, -0.15) is 0 Å². The molecular weight excluding hydrogens is 283 g/mol. The summed E-state index contributed by atoms with van der Waals surface area (Å²) in [5, 5.41) is 7.38. The van der Waals surface area contributed by atoms with Gasteiger partial charge in [0.15, 0.2) is 0 Å². The highest BCUT2D eigenvalue weighted by Crippen LogP contribution is 2.15. The summed E-state index contributed by atoms with van der Waals surface area (Å²) in [6, 6.07) is 11.4. The van der Waals surface area contributed by atoms with Gasteiger partial charge >= 0.3 is 0 Å². The Bertz CT molecular complexity index is 745. The normalized spacial score (nSPS) is 11.1. The summed E-state index contributed by atoms with van der Waals surface area (Å²) in [6.07, 6.45) is 0. The molecule has 0 aliphatic heterocycles. The van der Waals surface area contributed by atoms with Crippen molar-refractivity contribution >= 4 is 21.6 Å². The molecule has 5 nitrogen and oxygen atoms in total. The Hall–Kier alpha value is -2.25. The average molecular weight is 294 g/mol. The van der Waals surface area contributed by atoms with Gasteiger partial charge in [0.1, 0.15) is 5.82 Å². The molecule has 2 rings (SSSR count). The monoisotopic (exact) mass is 294 g/mol. The summed E-state index contributed by atoms with van der Waals surface area (Å²) in [4.78, 5) is 11.5. The van der Waals surface area contributed by atoms with Crippen molar-refractivity contribution in [2.75, 3.05) is 5.32 Å². The maximum Gasteiger partial charge on any atom is 0.258 e. The summed E-state index contributed by atoms with van der Waals surface area (Å²) in [6.45, 7) is 0. The van der Waals surface area contributed by atoms with Crippen LogP contribution in [-0.2, 0) is 10.0 Å². The number of nitrogens with one attached hydrogen (secondary N) is 1. The number of primary sulfonamides is 1. The molecule has 1 amide bonds. The Morgan fingerprint density at radius 1 is 1.10 bits per heavy atom. The number of rotatable bonds is 3. The Labute approximate surface area is 115 Å². The fourth-order valence-corrected chi connectivity index (χ4v) is 2.10. The van der Waals surface area contributed by atoms with E-state index in [-0.39, 0.29) is 10.5 Å². The standard InChI is InChI=1S/C13H11FN2O3S/c14-12-8-10(20(15,18)19)6-7-11(12)13(17)16-9-4-2-1-3-5-9/h1-8H,(H,16,17)(H2,15,18,19). The number of halogens is 1. The molecule has 0 spiro atoms. The number of sulfonamides is 1. The average Bonchev–Trinajstić information content (AvgIpc) is 2.38. The van der Waals surface area contributed by atoms with E-state index >= 15 is 0 Å². The number of benzene rings is 2. The van der Waals surface area contributed by atoms with Crippen LogP contribution >= 0.6 is 0 Å². The number of hydrogen-bond acceptors (Lipinski definition) is 3. The van der Waals surface area contributed by atoms with Gasteiger partial charge in [-0.3, -0.25) is 4.79 Å². The third kappa shape index (κ3) is 3.19. The molecule has 0 aliphatic rings. The molecule has 0 heterocycles. The highest BCUT2D eigenvalue weighted by Gasteiger charge is 2.16. The summed E-state index contributed by atoms with van der Waals surface area (Å²) in [7, 11) is -4.00. The lowest BCUT2D eigenvalue weighted by Gasteiger charge is -2.07. The number of anilines is 1. The van der Waals surface area contributed by atoms with Crippen LogP contribution in [0.3, 0.4) is 0 Å². The molecule has 0 saturated heterocycles. The van der Waals surface area contributed by atoms with E-state index in [1.807, 2.05) is 0 Å². The van der Waals surface area contributed by atoms with Crippen molar-refractivity contribution in [3.8, 4) is 0 Å². The Kier molecular flexibility index (Phi) is 3.82. The zero-order valence-electron chi connectivity index (χ0n) is 10.2. The summed E-state index contributed by atoms with van der Waals surface area (Å²) in [5.41, 5.74) is 0.244. The van der Waals surface area contributed by atoms with Crippen LogP contribution in [0.2, 0.25) is 0 Å². The second-order valence-electron chi connectivity index (χ2n) is 4.01. The number of hydrogen-bond donors (Lipinski definition) is 2. The van der Waals surface area contributed by atoms with E-state index in [4.69, 9.17) is 5.14 Å². The molecule has 2 aromatic rings. The molecule has 0 aromatic heterocycles. The minimum atomic E-state index is -4.00. The summed E-state index contributed by atoms with van der Waals surface area (Å²) in [5.74, 6) is -1.63. The van der Waals surface area contributed by atoms with Gasteiger partial charge in [0, 0.05) is 5.69 Å². The minimum absolute atomic E-state index is 0.263. The molecule has 0 bridgehead atoms. The van der Waals surface area contributed by atoms with Crippen molar-refractivity contribution in [3.63, 3.8) is 0 Å². The molecule has 2 aromatic carbocycles. The Balaban J connectivity index is 2.28. The first-order chi connectivity index (χ1) is 9.38. The van der Waals surface area contributed by atoms with Crippen molar-refractivity contribution in [3.05, 3.63) is 59.9 Å². The van der Waals surface area contributed by atoms with Crippen molar-refractivity contribution in [1.82, 2.24) is 0 Å². The fraction of sp³-hybridized carbons (Fsp3) is 0. The highest BCUT2D eigenvalue weighted by atomic mass is 32.2. The van der Waals surface area contributed by atoms with Crippen LogP contribution in [0.4, 0.5) is 10.1 Å². The highest BCUT2D eigenvalue weighted by molar-refractivity contribution is 7.89. The van der Waals surface area contributed by atoms with Gasteiger partial charge < -0.3 is 5.32 Å². The van der Waals surface area contributed by atoms with E-state index in [0.29, 0.717) is 5.69 Å². The van der Waals surface area contributed by atoms with Crippen LogP contribution in [0.5, 0.6) is 0 Å². The van der Waals surface area contributed by atoms with E-state index in [1.54, 1.807) is 30.3 Å². The van der Waals surface area contributed by atoms with E-state index in [9.17, 15) is 17.6 Å². The van der Waals surface area contributed by atoms with Gasteiger partial charge in [-0.1, -0.05) is 18.2 Å². The molecule has 3 N–H and O–H groups in total. The van der Waals surface area contributed by atoms with E-state index < -0.39 is 21.7 Å². The Morgan fingerprint density at radius 2 is 1.75 bits per heavy atom. The molecule has 7 heteroatoms. The number of nitrogens with two attached hydrogens (primary N) is 1. The van der Waals surface area contributed by atoms with Gasteiger partial charge in [0.05, 0.1) is 10.5 Å². The van der Waals surface area contributed by atoms with E-state index in [2.05, 4.69) is 5.32 Å². The predicted molar refractivity (Wildman–Crippen MR) is 72.2 cm³/mol. The zero-order valence-corrected chi connectivity index (χ0v) is 11.0. The van der Waals surface area contributed by atoms with Crippen molar-refractivity contribution in [2.24, 2.45) is 5.14 Å². The van der Waals surface area contributed by atoms with Gasteiger partial charge in [-0.05, 0) is 30.3 Å². The molecule has 20 heavy (non-hydrogen) atoms. The molecule has 104 valence electrons. The van der Waals surface area contributed by atoms with Crippen LogP contribution in [0.1, 0.15) is 10.4 Å². The zero-order chi connectivity index (χ0) is 14.8. The Morgan fingerprint density at radius 3 is 2.30 bits per heavy atom. The quantitative estimate of drug-likeness (QED) is 0.903. The first-order valence-electron chi connectivity index (χ1n) is 5.56. The van der Waals surface area contributed by atoms with Crippen LogP contribution in [0.25, 0.3) is 0 Å². The molecule has 0 unspecified atom stereocenters. The van der Waals surface area contributed by atoms with E-state index in [0.717, 1.165) is 18.2 Å². The second kappa shape index (κ2) is 5.40. The summed E-state index contributed by atoms with van der Waals surface area (Å²) >= 11 is 0. The van der Waals surface area contributed by atoms with Crippen molar-refractivity contribution in [1.29, 1.82) is 0 Å².